The average Bonchev–Trinajstić information content (AvgIpc) is 3.22. The van der Waals surface area contributed by atoms with E-state index in [4.69, 9.17) is 24.8 Å². The Balaban J connectivity index is 4.44. The molecule has 0 spiro atoms. The highest BCUT2D eigenvalue weighted by Crippen LogP contribution is 2.43. The van der Waals surface area contributed by atoms with Crippen LogP contribution in [0.25, 0.3) is 0 Å². The molecule has 0 aliphatic heterocycles. The van der Waals surface area contributed by atoms with E-state index in [1.165, 1.54) is 109 Å². The molecule has 0 aromatic rings. The van der Waals surface area contributed by atoms with Crippen LogP contribution < -0.4 is 5.73 Å². The lowest BCUT2D eigenvalue weighted by Crippen LogP contribution is -2.34. The zero-order valence-corrected chi connectivity index (χ0v) is 38.4. The Hall–Kier alpha value is -2.82. The van der Waals surface area contributed by atoms with Gasteiger partial charge in [0.2, 0.25) is 0 Å². The second kappa shape index (κ2) is 42.9. The number of esters is 2. The highest BCUT2D eigenvalue weighted by atomic mass is 31.2. The van der Waals surface area contributed by atoms with Crippen molar-refractivity contribution in [1.29, 1.82) is 0 Å². The van der Waals surface area contributed by atoms with E-state index in [2.05, 4.69) is 73.1 Å². The van der Waals surface area contributed by atoms with Crippen LogP contribution in [0.15, 0.2) is 60.8 Å². The molecule has 0 saturated heterocycles. The summed E-state index contributed by atoms with van der Waals surface area (Å²) in [5.74, 6) is -2.48. The molecule has 0 fully saturated rings. The third-order valence-corrected chi connectivity index (χ3v) is 10.7. The summed E-state index contributed by atoms with van der Waals surface area (Å²) >= 11 is 0. The van der Waals surface area contributed by atoms with Crippen molar-refractivity contribution in [3.63, 3.8) is 0 Å². The average molecular weight is 866 g/mol. The van der Waals surface area contributed by atoms with Crippen LogP contribution >= 0.6 is 7.82 Å². The van der Waals surface area contributed by atoms with E-state index >= 15 is 0 Å². The molecule has 0 rings (SSSR count). The second-order valence-corrected chi connectivity index (χ2v) is 17.0. The minimum Gasteiger partial charge on any atom is -0.480 e. The van der Waals surface area contributed by atoms with E-state index < -0.39 is 51.1 Å². The van der Waals surface area contributed by atoms with E-state index in [1.54, 1.807) is 0 Å². The van der Waals surface area contributed by atoms with Gasteiger partial charge in [-0.1, -0.05) is 164 Å². The maximum Gasteiger partial charge on any atom is 0.472 e. The highest BCUT2D eigenvalue weighted by molar-refractivity contribution is 7.47. The summed E-state index contributed by atoms with van der Waals surface area (Å²) in [6.45, 7) is 2.73. The summed E-state index contributed by atoms with van der Waals surface area (Å²) < 4.78 is 32.6. The molecule has 0 heterocycles. The topological polar surface area (TPSA) is 172 Å². The van der Waals surface area contributed by atoms with E-state index in [0.29, 0.717) is 19.3 Å². The molecule has 0 aromatic carbocycles. The van der Waals surface area contributed by atoms with Gasteiger partial charge in [0, 0.05) is 12.8 Å². The quantitative estimate of drug-likeness (QED) is 0.0230. The maximum absolute atomic E-state index is 12.6. The lowest BCUT2D eigenvalue weighted by Gasteiger charge is -2.20. The van der Waals surface area contributed by atoms with Crippen LogP contribution in [0.4, 0.5) is 0 Å². The highest BCUT2D eigenvalue weighted by Gasteiger charge is 2.28. The van der Waals surface area contributed by atoms with Crippen molar-refractivity contribution in [2.24, 2.45) is 5.73 Å². The first-order valence-electron chi connectivity index (χ1n) is 23.3. The van der Waals surface area contributed by atoms with Crippen molar-refractivity contribution >= 4 is 25.7 Å². The predicted molar refractivity (Wildman–Crippen MR) is 245 cm³/mol. The predicted octanol–water partition coefficient (Wildman–Crippen LogP) is 12.7. The molecular weight excluding hydrogens is 781 g/mol. The fourth-order valence-electron chi connectivity index (χ4n) is 6.05. The normalized spacial score (nSPS) is 14.2. The summed E-state index contributed by atoms with van der Waals surface area (Å²) in [5, 5.41) is 8.90. The van der Waals surface area contributed by atoms with Crippen LogP contribution in [0.2, 0.25) is 0 Å². The first kappa shape index (κ1) is 57.2. The number of phosphoric ester groups is 1. The minimum absolute atomic E-state index is 0.118. The third-order valence-electron chi connectivity index (χ3n) is 9.74. The Bertz CT molecular complexity index is 1250. The van der Waals surface area contributed by atoms with Crippen LogP contribution in [-0.2, 0) is 37.5 Å². The van der Waals surface area contributed by atoms with Gasteiger partial charge in [0.15, 0.2) is 6.10 Å². The van der Waals surface area contributed by atoms with Gasteiger partial charge >= 0.3 is 25.7 Å². The van der Waals surface area contributed by atoms with E-state index in [0.717, 1.165) is 38.5 Å². The second-order valence-electron chi connectivity index (χ2n) is 15.5. The fourth-order valence-corrected chi connectivity index (χ4v) is 6.83. The molecule has 0 amide bonds. The Kier molecular flexibility index (Phi) is 40.8. The Labute approximate surface area is 364 Å². The summed E-state index contributed by atoms with van der Waals surface area (Å²) in [5.41, 5.74) is 5.33. The van der Waals surface area contributed by atoms with Gasteiger partial charge in [0.1, 0.15) is 12.6 Å². The molecule has 4 N–H and O–H groups in total. The molecule has 0 aliphatic rings. The smallest absolute Gasteiger partial charge is 0.472 e. The molecule has 60 heavy (non-hydrogen) atoms. The molecule has 0 bridgehead atoms. The molecular formula is C48H84NO10P. The van der Waals surface area contributed by atoms with Crippen molar-refractivity contribution in [2.75, 3.05) is 19.8 Å². The number of carbonyl (C=O) groups excluding carboxylic acids is 2. The van der Waals surface area contributed by atoms with Crippen LogP contribution in [0.3, 0.4) is 0 Å². The van der Waals surface area contributed by atoms with Crippen LogP contribution in [-0.4, -0.2) is 59.9 Å². The molecule has 3 atom stereocenters. The SMILES string of the molecule is CCCCCCCCC/C=C/C/C=C/C/C=C/C/C=C/CCCC(=O)OC[C@@H](COP(=O)(O)OC[C@H](N)C(=O)O)OC(=O)CCCC/C=C/CCCCCCCCCCC. The van der Waals surface area contributed by atoms with Gasteiger partial charge in [-0.2, -0.15) is 0 Å². The number of ether oxygens (including phenoxy) is 2. The number of carbonyl (C=O) groups is 3. The van der Waals surface area contributed by atoms with Gasteiger partial charge in [0.05, 0.1) is 13.2 Å². The van der Waals surface area contributed by atoms with Crippen molar-refractivity contribution in [1.82, 2.24) is 0 Å². The zero-order valence-electron chi connectivity index (χ0n) is 37.5. The van der Waals surface area contributed by atoms with Crippen LogP contribution in [0.5, 0.6) is 0 Å². The van der Waals surface area contributed by atoms with Crippen molar-refractivity contribution < 1.29 is 47.5 Å². The van der Waals surface area contributed by atoms with Crippen molar-refractivity contribution in [2.45, 2.75) is 206 Å². The number of aliphatic carboxylic acids is 1. The number of hydrogen-bond acceptors (Lipinski definition) is 9. The summed E-state index contributed by atoms with van der Waals surface area (Å²) in [4.78, 5) is 46.0. The lowest BCUT2D eigenvalue weighted by atomic mass is 10.1. The summed E-state index contributed by atoms with van der Waals surface area (Å²) in [6.07, 6.45) is 50.1. The van der Waals surface area contributed by atoms with E-state index in [-0.39, 0.29) is 19.4 Å². The first-order valence-corrected chi connectivity index (χ1v) is 24.8. The molecule has 1 unspecified atom stereocenters. The van der Waals surface area contributed by atoms with Gasteiger partial charge in [-0.25, -0.2) is 4.57 Å². The standard InChI is InChI=1S/C48H84NO10P/c1-3-5-7-9-11-13-15-17-19-20-21-22-23-24-26-27-29-31-33-35-37-39-46(50)56-41-44(42-57-60(54,55)58-43-45(49)48(52)53)59-47(51)40-38-36-34-32-30-28-25-18-16-14-12-10-8-6-4-2/h19-20,22-23,26-27,30-33,44-45H,3-18,21,24-25,28-29,34-43,49H2,1-2H3,(H,52,53)(H,54,55)/b20-19+,23-22+,27-26+,32-30+,33-31+/t44-,45-/m0/s1. The summed E-state index contributed by atoms with van der Waals surface area (Å²) in [7, 11) is -4.74. The maximum atomic E-state index is 12.6. The van der Waals surface area contributed by atoms with Crippen molar-refractivity contribution in [3.05, 3.63) is 60.8 Å². The number of allylic oxidation sites excluding steroid dienone is 10. The Morgan fingerprint density at radius 1 is 0.517 bits per heavy atom. The molecule has 0 saturated carbocycles. The van der Waals surface area contributed by atoms with Gasteiger partial charge in [-0.3, -0.25) is 23.4 Å². The zero-order chi connectivity index (χ0) is 44.2. The molecule has 0 aromatic heterocycles. The van der Waals surface area contributed by atoms with E-state index in [1.807, 2.05) is 6.08 Å². The minimum atomic E-state index is -4.74. The van der Waals surface area contributed by atoms with Gasteiger partial charge < -0.3 is 25.2 Å². The van der Waals surface area contributed by atoms with E-state index in [9.17, 15) is 23.8 Å². The molecule has 346 valence electrons. The monoisotopic (exact) mass is 866 g/mol. The van der Waals surface area contributed by atoms with Crippen LogP contribution in [0, 0.1) is 0 Å². The number of carboxylic acids is 1. The number of carboxylic acid groups (broad SMARTS) is 1. The number of hydrogen-bond donors (Lipinski definition) is 3. The number of phosphoric acid groups is 1. The van der Waals surface area contributed by atoms with Gasteiger partial charge in [0.25, 0.3) is 0 Å². The van der Waals surface area contributed by atoms with Gasteiger partial charge in [-0.15, -0.1) is 0 Å². The Morgan fingerprint density at radius 3 is 1.38 bits per heavy atom. The number of nitrogens with two attached hydrogens (primary N) is 1. The Morgan fingerprint density at radius 2 is 0.900 bits per heavy atom. The molecule has 0 radical (unpaired) electrons. The van der Waals surface area contributed by atoms with Crippen LogP contribution in [0.1, 0.15) is 194 Å². The van der Waals surface area contributed by atoms with Crippen molar-refractivity contribution in [3.8, 4) is 0 Å². The molecule has 12 heteroatoms. The molecule has 11 nitrogen and oxygen atoms in total. The number of unbranched alkanes of at least 4 members (excludes halogenated alkanes) is 19. The molecule has 0 aliphatic carbocycles. The summed E-state index contributed by atoms with van der Waals surface area (Å²) in [6, 6.07) is -1.53. The first-order chi connectivity index (χ1) is 29.1. The fraction of sp³-hybridized carbons (Fsp3) is 0.729. The largest absolute Gasteiger partial charge is 0.480 e. The lowest BCUT2D eigenvalue weighted by molar-refractivity contribution is -0.161. The third kappa shape index (κ3) is 41.9. The van der Waals surface area contributed by atoms with Gasteiger partial charge in [-0.05, 0) is 77.0 Å². The number of rotatable bonds is 43.